The SMILES string of the molecule is CCc1cccc(C)c1NC(=O)c1cc(Cl)c(OCC(C)C)c(OC)c1. The van der Waals surface area contributed by atoms with Crippen molar-refractivity contribution in [2.75, 3.05) is 19.0 Å². The zero-order valence-corrected chi connectivity index (χ0v) is 16.7. The summed E-state index contributed by atoms with van der Waals surface area (Å²) in [5.41, 5.74) is 3.38. The number of aryl methyl sites for hydroxylation is 2. The van der Waals surface area contributed by atoms with Gasteiger partial charge in [0.25, 0.3) is 5.91 Å². The summed E-state index contributed by atoms with van der Waals surface area (Å²) in [6.45, 7) is 8.66. The summed E-state index contributed by atoms with van der Waals surface area (Å²) in [6, 6.07) is 9.24. The molecule has 0 aliphatic heterocycles. The number of amides is 1. The van der Waals surface area contributed by atoms with Gasteiger partial charge in [0.05, 0.1) is 18.7 Å². The lowest BCUT2D eigenvalue weighted by atomic mass is 10.1. The normalized spacial score (nSPS) is 10.7. The molecule has 0 spiro atoms. The number of benzene rings is 2. The summed E-state index contributed by atoms with van der Waals surface area (Å²) in [5, 5.41) is 3.36. The van der Waals surface area contributed by atoms with Crippen LogP contribution in [0.1, 0.15) is 42.3 Å². The summed E-state index contributed by atoms with van der Waals surface area (Å²) in [7, 11) is 1.53. The van der Waals surface area contributed by atoms with Gasteiger partial charge < -0.3 is 14.8 Å². The lowest BCUT2D eigenvalue weighted by Gasteiger charge is -2.16. The quantitative estimate of drug-likeness (QED) is 0.694. The molecule has 0 atom stereocenters. The lowest BCUT2D eigenvalue weighted by Crippen LogP contribution is -2.15. The summed E-state index contributed by atoms with van der Waals surface area (Å²) in [5.74, 6) is 1.03. The highest BCUT2D eigenvalue weighted by Crippen LogP contribution is 2.37. The third kappa shape index (κ3) is 4.70. The van der Waals surface area contributed by atoms with Gasteiger partial charge in [0.1, 0.15) is 0 Å². The molecule has 2 aromatic carbocycles. The number of anilines is 1. The Morgan fingerprint density at radius 3 is 2.62 bits per heavy atom. The standard InChI is InChI=1S/C21H26ClNO3/c1-6-15-9-7-8-14(4)19(15)23-21(24)16-10-17(22)20(18(11-16)25-5)26-12-13(2)3/h7-11,13H,6,12H2,1-5H3,(H,23,24). The van der Waals surface area contributed by atoms with Crippen LogP contribution in [0.4, 0.5) is 5.69 Å². The van der Waals surface area contributed by atoms with Crippen molar-refractivity contribution in [1.29, 1.82) is 0 Å². The monoisotopic (exact) mass is 375 g/mol. The summed E-state index contributed by atoms with van der Waals surface area (Å²) in [6.07, 6.45) is 0.837. The first-order valence-electron chi connectivity index (χ1n) is 8.77. The Balaban J connectivity index is 2.31. The predicted molar refractivity (Wildman–Crippen MR) is 107 cm³/mol. The Kier molecular flexibility index (Phi) is 6.92. The lowest BCUT2D eigenvalue weighted by molar-refractivity contribution is 0.102. The highest BCUT2D eigenvalue weighted by atomic mass is 35.5. The molecule has 2 rings (SSSR count). The topological polar surface area (TPSA) is 47.6 Å². The van der Waals surface area contributed by atoms with E-state index in [9.17, 15) is 4.79 Å². The van der Waals surface area contributed by atoms with Gasteiger partial charge >= 0.3 is 0 Å². The van der Waals surface area contributed by atoms with Gasteiger partial charge in [-0.2, -0.15) is 0 Å². The Labute approximate surface area is 160 Å². The number of halogens is 1. The second kappa shape index (κ2) is 8.95. The number of ether oxygens (including phenoxy) is 2. The molecule has 1 amide bonds. The van der Waals surface area contributed by atoms with Gasteiger partial charge in [-0.05, 0) is 42.5 Å². The van der Waals surface area contributed by atoms with Crippen molar-refractivity contribution in [2.45, 2.75) is 34.1 Å². The van der Waals surface area contributed by atoms with Crippen LogP contribution in [-0.4, -0.2) is 19.6 Å². The van der Waals surface area contributed by atoms with Gasteiger partial charge in [-0.1, -0.05) is 50.6 Å². The van der Waals surface area contributed by atoms with Gasteiger partial charge in [0, 0.05) is 11.3 Å². The smallest absolute Gasteiger partial charge is 0.255 e. The Hall–Kier alpha value is -2.20. The van der Waals surface area contributed by atoms with Gasteiger partial charge in [-0.15, -0.1) is 0 Å². The zero-order valence-electron chi connectivity index (χ0n) is 16.0. The number of methoxy groups -OCH3 is 1. The van der Waals surface area contributed by atoms with Crippen molar-refractivity contribution < 1.29 is 14.3 Å². The van der Waals surface area contributed by atoms with E-state index in [2.05, 4.69) is 26.1 Å². The van der Waals surface area contributed by atoms with Crippen molar-refractivity contribution in [1.82, 2.24) is 0 Å². The van der Waals surface area contributed by atoms with Crippen molar-refractivity contribution >= 4 is 23.2 Å². The first kappa shape index (κ1) is 20.1. The summed E-state index contributed by atoms with van der Waals surface area (Å²) in [4.78, 5) is 12.8. The second-order valence-corrected chi connectivity index (χ2v) is 7.02. The van der Waals surface area contributed by atoms with Crippen LogP contribution in [0.15, 0.2) is 30.3 Å². The van der Waals surface area contributed by atoms with E-state index in [1.165, 1.54) is 7.11 Å². The first-order chi connectivity index (χ1) is 12.4. The van der Waals surface area contributed by atoms with Crippen LogP contribution in [0.3, 0.4) is 0 Å². The van der Waals surface area contributed by atoms with E-state index in [1.54, 1.807) is 12.1 Å². The van der Waals surface area contributed by atoms with Crippen LogP contribution < -0.4 is 14.8 Å². The van der Waals surface area contributed by atoms with E-state index in [-0.39, 0.29) is 5.91 Å². The zero-order chi connectivity index (χ0) is 19.3. The van der Waals surface area contributed by atoms with Gasteiger partial charge in [0.15, 0.2) is 11.5 Å². The van der Waals surface area contributed by atoms with Crippen molar-refractivity contribution in [3.8, 4) is 11.5 Å². The Morgan fingerprint density at radius 1 is 1.27 bits per heavy atom. The van der Waals surface area contributed by atoms with Gasteiger partial charge in [0.2, 0.25) is 0 Å². The Bertz CT molecular complexity index is 787. The van der Waals surface area contributed by atoms with E-state index in [0.29, 0.717) is 34.6 Å². The number of carbonyl (C=O) groups excluding carboxylic acids is 1. The largest absolute Gasteiger partial charge is 0.493 e. The molecule has 0 aromatic heterocycles. The third-order valence-electron chi connectivity index (χ3n) is 4.03. The highest BCUT2D eigenvalue weighted by Gasteiger charge is 2.17. The maximum Gasteiger partial charge on any atom is 0.255 e. The van der Waals surface area contributed by atoms with E-state index >= 15 is 0 Å². The molecule has 140 valence electrons. The average Bonchev–Trinajstić information content (AvgIpc) is 2.61. The van der Waals surface area contributed by atoms with Crippen molar-refractivity contribution in [3.05, 3.63) is 52.0 Å². The first-order valence-corrected chi connectivity index (χ1v) is 9.15. The molecule has 0 radical (unpaired) electrons. The molecule has 0 heterocycles. The minimum atomic E-state index is -0.232. The minimum Gasteiger partial charge on any atom is -0.493 e. The van der Waals surface area contributed by atoms with Crippen LogP contribution in [0.5, 0.6) is 11.5 Å². The molecule has 5 heteroatoms. The average molecular weight is 376 g/mol. The molecular weight excluding hydrogens is 350 g/mol. The summed E-state index contributed by atoms with van der Waals surface area (Å²) < 4.78 is 11.1. The van der Waals surface area contributed by atoms with Crippen LogP contribution in [-0.2, 0) is 6.42 Å². The molecule has 0 fully saturated rings. The highest BCUT2D eigenvalue weighted by molar-refractivity contribution is 6.32. The Morgan fingerprint density at radius 2 is 2.00 bits per heavy atom. The van der Waals surface area contributed by atoms with Gasteiger partial charge in [-0.25, -0.2) is 0 Å². The molecule has 1 N–H and O–H groups in total. The fourth-order valence-electron chi connectivity index (χ4n) is 2.63. The van der Waals surface area contributed by atoms with Crippen molar-refractivity contribution in [3.63, 3.8) is 0 Å². The fourth-order valence-corrected chi connectivity index (χ4v) is 2.89. The maximum absolute atomic E-state index is 12.8. The number of para-hydroxylation sites is 1. The molecule has 0 unspecified atom stereocenters. The molecule has 4 nitrogen and oxygen atoms in total. The number of rotatable bonds is 7. The van der Waals surface area contributed by atoms with Crippen molar-refractivity contribution in [2.24, 2.45) is 5.92 Å². The molecule has 0 saturated carbocycles. The maximum atomic E-state index is 12.8. The van der Waals surface area contributed by atoms with Crippen LogP contribution in [0.2, 0.25) is 5.02 Å². The van der Waals surface area contributed by atoms with Crippen LogP contribution in [0, 0.1) is 12.8 Å². The molecule has 0 aliphatic carbocycles. The predicted octanol–water partition coefficient (Wildman–Crippen LogP) is 5.51. The third-order valence-corrected chi connectivity index (χ3v) is 4.31. The molecule has 0 saturated heterocycles. The fraction of sp³-hybridized carbons (Fsp3) is 0.381. The number of carbonyl (C=O) groups is 1. The number of nitrogens with one attached hydrogen (secondary N) is 1. The molecule has 0 bridgehead atoms. The van der Waals surface area contributed by atoms with Gasteiger partial charge in [-0.3, -0.25) is 4.79 Å². The van der Waals surface area contributed by atoms with Crippen LogP contribution in [0.25, 0.3) is 0 Å². The van der Waals surface area contributed by atoms with E-state index in [0.717, 1.165) is 23.2 Å². The molecule has 0 aliphatic rings. The second-order valence-electron chi connectivity index (χ2n) is 6.61. The van der Waals surface area contributed by atoms with Crippen LogP contribution >= 0.6 is 11.6 Å². The van der Waals surface area contributed by atoms with E-state index in [1.807, 2.05) is 25.1 Å². The molecular formula is C21H26ClNO3. The molecule has 2 aromatic rings. The number of hydrogen-bond acceptors (Lipinski definition) is 3. The number of hydrogen-bond donors (Lipinski definition) is 1. The summed E-state index contributed by atoms with van der Waals surface area (Å²) >= 11 is 6.35. The van der Waals surface area contributed by atoms with E-state index in [4.69, 9.17) is 21.1 Å². The minimum absolute atomic E-state index is 0.232. The van der Waals surface area contributed by atoms with E-state index < -0.39 is 0 Å². The molecule has 26 heavy (non-hydrogen) atoms.